The lowest BCUT2D eigenvalue weighted by molar-refractivity contribution is -0.116. The maximum absolute atomic E-state index is 12.0. The van der Waals surface area contributed by atoms with Crippen molar-refractivity contribution in [2.24, 2.45) is 0 Å². The molecular weight excluding hydrogens is 332 g/mol. The molecule has 1 heterocycles. The van der Waals surface area contributed by atoms with E-state index in [1.807, 2.05) is 6.07 Å². The summed E-state index contributed by atoms with van der Waals surface area (Å²) in [6, 6.07) is 8.81. The summed E-state index contributed by atoms with van der Waals surface area (Å²) in [5, 5.41) is 12.1. The van der Waals surface area contributed by atoms with Crippen molar-refractivity contribution in [1.29, 1.82) is 5.26 Å². The first-order chi connectivity index (χ1) is 11.4. The smallest absolute Gasteiger partial charge is 0.230 e. The summed E-state index contributed by atoms with van der Waals surface area (Å²) in [6.07, 6.45) is 0.0330. The van der Waals surface area contributed by atoms with Gasteiger partial charge in [-0.25, -0.2) is 0 Å². The topological polar surface area (TPSA) is 92.3 Å². The molecule has 0 fully saturated rings. The molecule has 2 rings (SSSR count). The molecule has 0 aliphatic heterocycles. The first kappa shape index (κ1) is 17.6. The molecule has 1 aromatic heterocycles. The highest BCUT2D eigenvalue weighted by molar-refractivity contribution is 6.32. The largest absolute Gasteiger partial charge is 0.491 e. The van der Waals surface area contributed by atoms with Crippen LogP contribution in [0.25, 0.3) is 0 Å². The van der Waals surface area contributed by atoms with Gasteiger partial charge in [-0.2, -0.15) is 5.26 Å². The summed E-state index contributed by atoms with van der Waals surface area (Å²) in [6.45, 7) is 3.01. The van der Waals surface area contributed by atoms with E-state index in [9.17, 15) is 14.9 Å². The number of nitriles is 1. The van der Waals surface area contributed by atoms with Gasteiger partial charge < -0.3 is 9.15 Å². The fraction of sp³-hybridized carbons (Fsp3) is 0.235. The van der Waals surface area contributed by atoms with Gasteiger partial charge in [0.2, 0.25) is 11.8 Å². The molecule has 0 aliphatic carbocycles. The normalized spacial score (nSPS) is 10.1. The zero-order chi connectivity index (χ0) is 17.7. The number of Topliss-reactive ketones (excluding diaryl/α,β-unsaturated/α-hetero) is 1. The molecule has 0 saturated carbocycles. The predicted octanol–water partition coefficient (Wildman–Crippen LogP) is 3.72. The monoisotopic (exact) mass is 346 g/mol. The van der Waals surface area contributed by atoms with Crippen LogP contribution < -0.4 is 10.1 Å². The predicted molar refractivity (Wildman–Crippen MR) is 88.4 cm³/mol. The van der Waals surface area contributed by atoms with Gasteiger partial charge in [0.1, 0.15) is 23.1 Å². The Labute approximate surface area is 144 Å². The number of amides is 1. The van der Waals surface area contributed by atoms with E-state index in [0.29, 0.717) is 16.5 Å². The molecule has 0 aliphatic rings. The molecule has 0 spiro atoms. The number of nitrogens with zero attached hydrogens (tertiary/aromatic N) is 1. The molecular formula is C17H15ClN2O4. The molecule has 24 heavy (non-hydrogen) atoms. The number of carbonyl (C=O) groups excluding carboxylic acids is 2. The molecule has 0 atom stereocenters. The average molecular weight is 347 g/mol. The van der Waals surface area contributed by atoms with E-state index in [0.717, 1.165) is 0 Å². The minimum absolute atomic E-state index is 0.0251. The van der Waals surface area contributed by atoms with Gasteiger partial charge in [-0.3, -0.25) is 14.9 Å². The second kappa shape index (κ2) is 7.66. The molecule has 0 unspecified atom stereocenters. The molecule has 0 saturated heterocycles. The number of furan rings is 1. The lowest BCUT2D eigenvalue weighted by atomic mass is 10.1. The minimum Gasteiger partial charge on any atom is -0.491 e. The van der Waals surface area contributed by atoms with Gasteiger partial charge in [-0.1, -0.05) is 23.7 Å². The maximum atomic E-state index is 12.0. The molecule has 6 nitrogen and oxygen atoms in total. The quantitative estimate of drug-likeness (QED) is 0.804. The highest BCUT2D eigenvalue weighted by Crippen LogP contribution is 2.27. The highest BCUT2D eigenvalue weighted by Gasteiger charge is 2.22. The van der Waals surface area contributed by atoms with E-state index in [1.165, 1.54) is 6.92 Å². The van der Waals surface area contributed by atoms with Gasteiger partial charge in [0.25, 0.3) is 0 Å². The Kier molecular flexibility index (Phi) is 5.61. The Morgan fingerprint density at radius 3 is 2.71 bits per heavy atom. The average Bonchev–Trinajstić information content (AvgIpc) is 2.84. The summed E-state index contributed by atoms with van der Waals surface area (Å²) in [5.74, 6) is 0.0553. The first-order valence-electron chi connectivity index (χ1n) is 7.15. The van der Waals surface area contributed by atoms with Crippen LogP contribution in [0.15, 0.2) is 28.7 Å². The molecule has 1 amide bonds. The van der Waals surface area contributed by atoms with E-state index < -0.39 is 5.91 Å². The summed E-state index contributed by atoms with van der Waals surface area (Å²) in [4.78, 5) is 23.5. The molecule has 1 aromatic carbocycles. The summed E-state index contributed by atoms with van der Waals surface area (Å²) < 4.78 is 10.7. The standard InChI is InChI=1S/C17H15ClN2O4/c1-10(21)16-11(2)24-17(12(16)9-19)20-15(22)7-8-23-14-6-4-3-5-13(14)18/h3-6H,7-8H2,1-2H3,(H,20,22). The third-order valence-corrected chi connectivity index (χ3v) is 3.54. The van der Waals surface area contributed by atoms with E-state index >= 15 is 0 Å². The van der Waals surface area contributed by atoms with Crippen molar-refractivity contribution in [3.8, 4) is 11.8 Å². The van der Waals surface area contributed by atoms with Crippen molar-refractivity contribution in [1.82, 2.24) is 0 Å². The van der Waals surface area contributed by atoms with Crippen LogP contribution >= 0.6 is 11.6 Å². The molecule has 0 radical (unpaired) electrons. The van der Waals surface area contributed by atoms with Gasteiger partial charge in [0.15, 0.2) is 5.78 Å². The number of para-hydroxylation sites is 1. The van der Waals surface area contributed by atoms with Gasteiger partial charge in [0, 0.05) is 0 Å². The van der Waals surface area contributed by atoms with Crippen LogP contribution in [0.4, 0.5) is 5.88 Å². The van der Waals surface area contributed by atoms with Crippen molar-refractivity contribution in [3.63, 3.8) is 0 Å². The maximum Gasteiger partial charge on any atom is 0.230 e. The number of aryl methyl sites for hydroxylation is 1. The molecule has 0 bridgehead atoms. The summed E-state index contributed by atoms with van der Waals surface area (Å²) in [5.41, 5.74) is 0.209. The first-order valence-corrected chi connectivity index (χ1v) is 7.53. The highest BCUT2D eigenvalue weighted by atomic mass is 35.5. The van der Waals surface area contributed by atoms with Gasteiger partial charge in [0.05, 0.1) is 23.6 Å². The molecule has 7 heteroatoms. The number of carbonyl (C=O) groups is 2. The van der Waals surface area contributed by atoms with Crippen molar-refractivity contribution in [3.05, 3.63) is 46.2 Å². The Hall–Kier alpha value is -2.78. The Morgan fingerprint density at radius 1 is 1.38 bits per heavy atom. The number of halogens is 1. The van der Waals surface area contributed by atoms with E-state index in [4.69, 9.17) is 20.8 Å². The lowest BCUT2D eigenvalue weighted by Crippen LogP contribution is -2.15. The molecule has 2 aromatic rings. The van der Waals surface area contributed by atoms with Crippen LogP contribution in [0.1, 0.15) is 35.0 Å². The van der Waals surface area contributed by atoms with Gasteiger partial charge >= 0.3 is 0 Å². The van der Waals surface area contributed by atoms with E-state index in [2.05, 4.69) is 5.32 Å². The van der Waals surface area contributed by atoms with Crippen molar-refractivity contribution in [2.75, 3.05) is 11.9 Å². The SMILES string of the molecule is CC(=O)c1c(C)oc(NC(=O)CCOc2ccccc2Cl)c1C#N. The summed E-state index contributed by atoms with van der Waals surface area (Å²) in [7, 11) is 0. The van der Waals surface area contributed by atoms with Crippen LogP contribution in [0.3, 0.4) is 0 Å². The Morgan fingerprint density at radius 2 is 2.08 bits per heavy atom. The van der Waals surface area contributed by atoms with E-state index in [-0.39, 0.29) is 35.8 Å². The van der Waals surface area contributed by atoms with Crippen molar-refractivity contribution < 1.29 is 18.7 Å². The van der Waals surface area contributed by atoms with Crippen LogP contribution in [-0.4, -0.2) is 18.3 Å². The molecule has 124 valence electrons. The number of ether oxygens (including phenoxy) is 1. The van der Waals surface area contributed by atoms with Crippen LogP contribution in [0, 0.1) is 18.3 Å². The number of rotatable bonds is 6. The third-order valence-electron chi connectivity index (χ3n) is 3.22. The second-order valence-corrected chi connectivity index (χ2v) is 5.39. The Bertz CT molecular complexity index is 820. The lowest BCUT2D eigenvalue weighted by Gasteiger charge is -2.07. The second-order valence-electron chi connectivity index (χ2n) is 4.98. The number of ketones is 1. The van der Waals surface area contributed by atoms with E-state index in [1.54, 1.807) is 31.2 Å². The number of anilines is 1. The van der Waals surface area contributed by atoms with Crippen LogP contribution in [-0.2, 0) is 4.79 Å². The van der Waals surface area contributed by atoms with Gasteiger partial charge in [-0.05, 0) is 26.0 Å². The van der Waals surface area contributed by atoms with Crippen LogP contribution in [0.2, 0.25) is 5.02 Å². The number of benzene rings is 1. The van der Waals surface area contributed by atoms with Crippen molar-refractivity contribution >= 4 is 29.2 Å². The summed E-state index contributed by atoms with van der Waals surface area (Å²) >= 11 is 5.95. The van der Waals surface area contributed by atoms with Gasteiger partial charge in [-0.15, -0.1) is 0 Å². The van der Waals surface area contributed by atoms with Crippen molar-refractivity contribution in [2.45, 2.75) is 20.3 Å². The Balaban J connectivity index is 1.98. The third kappa shape index (κ3) is 3.94. The number of nitrogens with one attached hydrogen (secondary N) is 1. The fourth-order valence-corrected chi connectivity index (χ4v) is 2.36. The van der Waals surface area contributed by atoms with Crippen LogP contribution in [0.5, 0.6) is 5.75 Å². The molecule has 1 N–H and O–H groups in total. The fourth-order valence-electron chi connectivity index (χ4n) is 2.17. The zero-order valence-electron chi connectivity index (χ0n) is 13.2. The zero-order valence-corrected chi connectivity index (χ0v) is 13.9. The minimum atomic E-state index is -0.401. The number of hydrogen-bond acceptors (Lipinski definition) is 5. The number of hydrogen-bond donors (Lipinski definition) is 1.